The monoisotopic (exact) mass is 423 g/mol. The molecule has 0 spiro atoms. The molecule has 9 nitrogen and oxygen atoms in total. The van der Waals surface area contributed by atoms with Crippen LogP contribution in [-0.2, 0) is 9.59 Å². The van der Waals surface area contributed by atoms with E-state index in [9.17, 15) is 19.7 Å². The molecule has 1 fully saturated rings. The fourth-order valence-electron chi connectivity index (χ4n) is 2.86. The Labute approximate surface area is 176 Å². The standard InChI is InChI=1S/C20H17N5O4S/c1-2-24-19(27)17(11-18(26)23-16-9-4-3-6-13(16)12-21)30-20(24)22-14-7-5-8-15(10-14)25(28)29/h3-10,17H,2,11H2,1H3,(H,23,26). The number of para-hydroxylation sites is 1. The Kier molecular flexibility index (Phi) is 6.44. The normalized spacial score (nSPS) is 17.1. The number of rotatable bonds is 6. The first-order chi connectivity index (χ1) is 14.4. The summed E-state index contributed by atoms with van der Waals surface area (Å²) >= 11 is 1.14. The SMILES string of the molecule is CCN1C(=O)C(CC(=O)Nc2ccccc2C#N)SC1=Nc1cccc([N+](=O)[O-])c1. The van der Waals surface area contributed by atoms with Gasteiger partial charge in [0, 0.05) is 25.1 Å². The molecule has 3 rings (SSSR count). The third-order valence-corrected chi connectivity index (χ3v) is 5.47. The molecule has 1 atom stereocenters. The van der Waals surface area contributed by atoms with Gasteiger partial charge in [-0.1, -0.05) is 30.0 Å². The van der Waals surface area contributed by atoms with Gasteiger partial charge in [0.25, 0.3) is 5.69 Å². The highest BCUT2D eigenvalue weighted by Crippen LogP contribution is 2.32. The van der Waals surface area contributed by atoms with Crippen LogP contribution in [0.4, 0.5) is 17.1 Å². The second kappa shape index (κ2) is 9.19. The summed E-state index contributed by atoms with van der Waals surface area (Å²) in [5.41, 5.74) is 0.977. The second-order valence-electron chi connectivity index (χ2n) is 6.27. The van der Waals surface area contributed by atoms with E-state index in [4.69, 9.17) is 5.26 Å². The molecule has 0 bridgehead atoms. The molecule has 1 saturated heterocycles. The van der Waals surface area contributed by atoms with Gasteiger partial charge in [0.05, 0.1) is 21.9 Å². The lowest BCUT2D eigenvalue weighted by molar-refractivity contribution is -0.384. The number of hydrogen-bond donors (Lipinski definition) is 1. The average Bonchev–Trinajstić information content (AvgIpc) is 3.02. The highest BCUT2D eigenvalue weighted by atomic mass is 32.2. The van der Waals surface area contributed by atoms with Crippen LogP contribution in [0.5, 0.6) is 0 Å². The van der Waals surface area contributed by atoms with Crippen LogP contribution in [-0.4, -0.2) is 38.6 Å². The van der Waals surface area contributed by atoms with E-state index >= 15 is 0 Å². The van der Waals surface area contributed by atoms with Crippen LogP contribution in [0.3, 0.4) is 0 Å². The van der Waals surface area contributed by atoms with Gasteiger partial charge < -0.3 is 5.32 Å². The topological polar surface area (TPSA) is 129 Å². The van der Waals surface area contributed by atoms with Crippen LogP contribution < -0.4 is 5.32 Å². The van der Waals surface area contributed by atoms with Gasteiger partial charge in [-0.05, 0) is 25.1 Å². The maximum Gasteiger partial charge on any atom is 0.271 e. The fraction of sp³-hybridized carbons (Fsp3) is 0.200. The molecule has 2 aromatic carbocycles. The fourth-order valence-corrected chi connectivity index (χ4v) is 4.08. The second-order valence-corrected chi connectivity index (χ2v) is 7.44. The summed E-state index contributed by atoms with van der Waals surface area (Å²) in [6, 6.07) is 14.4. The van der Waals surface area contributed by atoms with E-state index in [1.165, 1.54) is 23.1 Å². The van der Waals surface area contributed by atoms with Crippen LogP contribution in [0.2, 0.25) is 0 Å². The first-order valence-corrected chi connectivity index (χ1v) is 9.91. The first-order valence-electron chi connectivity index (χ1n) is 9.03. The predicted molar refractivity (Wildman–Crippen MR) is 113 cm³/mol. The Balaban J connectivity index is 1.75. The zero-order valence-corrected chi connectivity index (χ0v) is 16.8. The molecule has 1 unspecified atom stereocenters. The Morgan fingerprint density at radius 2 is 2.10 bits per heavy atom. The van der Waals surface area contributed by atoms with Crippen molar-refractivity contribution >= 4 is 45.8 Å². The molecule has 2 amide bonds. The molecule has 10 heteroatoms. The summed E-state index contributed by atoms with van der Waals surface area (Å²) in [6.45, 7) is 2.14. The number of non-ortho nitro benzene ring substituents is 1. The Morgan fingerprint density at radius 3 is 2.80 bits per heavy atom. The first kappa shape index (κ1) is 21.0. The summed E-state index contributed by atoms with van der Waals surface area (Å²) in [5, 5.41) is 22.5. The Bertz CT molecular complexity index is 1080. The van der Waals surface area contributed by atoms with Gasteiger partial charge in [0.15, 0.2) is 5.17 Å². The van der Waals surface area contributed by atoms with Gasteiger partial charge in [-0.15, -0.1) is 0 Å². The van der Waals surface area contributed by atoms with Gasteiger partial charge in [-0.3, -0.25) is 24.6 Å². The van der Waals surface area contributed by atoms with E-state index in [1.807, 2.05) is 6.07 Å². The van der Waals surface area contributed by atoms with Gasteiger partial charge in [-0.2, -0.15) is 5.26 Å². The number of aliphatic imine (C=N–C) groups is 1. The van der Waals surface area contributed by atoms with Crippen LogP contribution >= 0.6 is 11.8 Å². The highest BCUT2D eigenvalue weighted by Gasteiger charge is 2.38. The molecule has 0 radical (unpaired) electrons. The van der Waals surface area contributed by atoms with E-state index in [1.54, 1.807) is 37.3 Å². The number of carbonyl (C=O) groups excluding carboxylic acids is 2. The van der Waals surface area contributed by atoms with Crippen molar-refractivity contribution in [3.8, 4) is 6.07 Å². The third kappa shape index (κ3) is 4.64. The number of amidine groups is 1. The zero-order valence-electron chi connectivity index (χ0n) is 15.9. The van der Waals surface area contributed by atoms with Crippen molar-refractivity contribution in [2.75, 3.05) is 11.9 Å². The predicted octanol–water partition coefficient (Wildman–Crippen LogP) is 3.45. The van der Waals surface area contributed by atoms with Crippen molar-refractivity contribution in [1.29, 1.82) is 5.26 Å². The zero-order chi connectivity index (χ0) is 21.7. The number of anilines is 1. The molecule has 152 valence electrons. The highest BCUT2D eigenvalue weighted by molar-refractivity contribution is 8.15. The van der Waals surface area contributed by atoms with Crippen molar-refractivity contribution in [3.05, 3.63) is 64.2 Å². The van der Waals surface area contributed by atoms with Crippen LogP contribution in [0.1, 0.15) is 18.9 Å². The molecule has 0 aliphatic carbocycles. The molecule has 1 heterocycles. The average molecular weight is 423 g/mol. The maximum absolute atomic E-state index is 12.7. The largest absolute Gasteiger partial charge is 0.325 e. The lowest BCUT2D eigenvalue weighted by atomic mass is 10.2. The number of nitro benzene ring substituents is 1. The van der Waals surface area contributed by atoms with E-state index in [-0.39, 0.29) is 18.0 Å². The number of nitrogens with zero attached hydrogens (tertiary/aromatic N) is 4. The van der Waals surface area contributed by atoms with Gasteiger partial charge in [0.1, 0.15) is 11.3 Å². The smallest absolute Gasteiger partial charge is 0.271 e. The van der Waals surface area contributed by atoms with Crippen molar-refractivity contribution in [2.24, 2.45) is 4.99 Å². The molecule has 0 aromatic heterocycles. The van der Waals surface area contributed by atoms with E-state index < -0.39 is 16.1 Å². The molecular formula is C20H17N5O4S. The van der Waals surface area contributed by atoms with E-state index in [0.29, 0.717) is 28.7 Å². The Morgan fingerprint density at radius 1 is 1.33 bits per heavy atom. The van der Waals surface area contributed by atoms with Crippen molar-refractivity contribution in [3.63, 3.8) is 0 Å². The molecule has 1 aliphatic heterocycles. The van der Waals surface area contributed by atoms with E-state index in [2.05, 4.69) is 10.3 Å². The van der Waals surface area contributed by atoms with Crippen molar-refractivity contribution in [2.45, 2.75) is 18.6 Å². The minimum atomic E-state index is -0.670. The summed E-state index contributed by atoms with van der Waals surface area (Å²) < 4.78 is 0. The van der Waals surface area contributed by atoms with Gasteiger partial charge >= 0.3 is 0 Å². The number of nitriles is 1. The summed E-state index contributed by atoms with van der Waals surface area (Å²) in [4.78, 5) is 41.4. The van der Waals surface area contributed by atoms with Gasteiger partial charge in [0.2, 0.25) is 11.8 Å². The van der Waals surface area contributed by atoms with Crippen molar-refractivity contribution < 1.29 is 14.5 Å². The van der Waals surface area contributed by atoms with Crippen molar-refractivity contribution in [1.82, 2.24) is 4.90 Å². The number of carbonyl (C=O) groups is 2. The summed E-state index contributed by atoms with van der Waals surface area (Å²) in [7, 11) is 0. The maximum atomic E-state index is 12.7. The number of nitro groups is 1. The molecule has 2 aromatic rings. The molecule has 1 N–H and O–H groups in total. The van der Waals surface area contributed by atoms with Crippen LogP contribution in [0.15, 0.2) is 53.5 Å². The van der Waals surface area contributed by atoms with Crippen LogP contribution in [0.25, 0.3) is 0 Å². The number of nitrogens with one attached hydrogen (secondary N) is 1. The lowest BCUT2D eigenvalue weighted by Crippen LogP contribution is -2.33. The number of hydrogen-bond acceptors (Lipinski definition) is 7. The van der Waals surface area contributed by atoms with Gasteiger partial charge in [-0.25, -0.2) is 4.99 Å². The quantitative estimate of drug-likeness (QED) is 0.560. The third-order valence-electron chi connectivity index (χ3n) is 4.29. The number of thioether (sulfide) groups is 1. The lowest BCUT2D eigenvalue weighted by Gasteiger charge is -2.13. The minimum absolute atomic E-state index is 0.0896. The molecule has 0 saturated carbocycles. The molecule has 1 aliphatic rings. The minimum Gasteiger partial charge on any atom is -0.325 e. The van der Waals surface area contributed by atoms with Crippen LogP contribution in [0, 0.1) is 21.4 Å². The Hall–Kier alpha value is -3.71. The molecule has 30 heavy (non-hydrogen) atoms. The van der Waals surface area contributed by atoms with E-state index in [0.717, 1.165) is 11.8 Å². The summed E-state index contributed by atoms with van der Waals surface area (Å²) in [5.74, 6) is -0.647. The summed E-state index contributed by atoms with van der Waals surface area (Å²) in [6.07, 6.45) is -0.0896. The molecular weight excluding hydrogens is 406 g/mol. The number of benzene rings is 2. The number of amides is 2.